The number of aryl methyl sites for hydroxylation is 4. The molecule has 2 N–H and O–H groups in total. The fourth-order valence-corrected chi connectivity index (χ4v) is 12.5. The molecule has 0 atom stereocenters. The molecule has 5 aromatic carbocycles. The minimum absolute atomic E-state index is 0.0617. The normalized spacial score (nSPS) is 18.1. The number of hydrogen-bond donors (Lipinski definition) is 2. The highest BCUT2D eigenvalue weighted by atomic mass is 19.1. The molecule has 5 aromatic rings. The molecule has 1 heterocycles. The Bertz CT molecular complexity index is 2890. The summed E-state index contributed by atoms with van der Waals surface area (Å²) in [6.07, 6.45) is 22.4. The van der Waals surface area contributed by atoms with Crippen molar-refractivity contribution in [3.63, 3.8) is 0 Å². The lowest BCUT2D eigenvalue weighted by Gasteiger charge is -2.34. The van der Waals surface area contributed by atoms with Gasteiger partial charge in [0.05, 0.1) is 35.9 Å². The SMILES string of the molecule is CCC(CC)(c1ccc(/C=C/C2(O)CCCCC2)c(C)c1)c1ccc(-c2ccc(CC(=O)OC)c(F)c2)c(C)c1.CCC(CC)(c1ccc(/C=C/C2(O)CCCCC2)c(C)c1)c1ccc(B2OC(C)(C)C(C)(C)O2)c(C)c1. The van der Waals surface area contributed by atoms with E-state index in [0.29, 0.717) is 5.56 Å². The molecule has 0 spiro atoms. The molecule has 6 nitrogen and oxygen atoms in total. The van der Waals surface area contributed by atoms with Crippen molar-refractivity contribution < 1.29 is 33.4 Å². The maximum atomic E-state index is 14.8. The van der Waals surface area contributed by atoms with Crippen molar-refractivity contribution in [1.29, 1.82) is 0 Å². The van der Waals surface area contributed by atoms with Gasteiger partial charge in [-0.1, -0.05) is 181 Å². The third kappa shape index (κ3) is 13.0. The van der Waals surface area contributed by atoms with Crippen molar-refractivity contribution in [1.82, 2.24) is 0 Å². The molecule has 3 aliphatic rings. The zero-order valence-electron chi connectivity index (χ0n) is 49.1. The molecule has 0 bridgehead atoms. The van der Waals surface area contributed by atoms with Gasteiger partial charge in [-0.15, -0.1) is 0 Å². The van der Waals surface area contributed by atoms with E-state index in [1.165, 1.54) is 70.5 Å². The van der Waals surface area contributed by atoms with Gasteiger partial charge in [0.1, 0.15) is 5.82 Å². The first kappa shape index (κ1) is 59.5. The average Bonchev–Trinajstić information content (AvgIpc) is 3.63. The van der Waals surface area contributed by atoms with E-state index in [2.05, 4.69) is 173 Å². The number of aliphatic hydroxyl groups is 2. The Labute approximate surface area is 463 Å². The number of esters is 1. The van der Waals surface area contributed by atoms with Crippen LogP contribution in [0, 0.1) is 33.5 Å². The first-order chi connectivity index (χ1) is 36.5. The van der Waals surface area contributed by atoms with Crippen LogP contribution in [0.3, 0.4) is 0 Å². The van der Waals surface area contributed by atoms with Crippen molar-refractivity contribution in [2.75, 3.05) is 7.11 Å². The fraction of sp³-hybridized carbons (Fsp3) is 0.493. The second-order valence-electron chi connectivity index (χ2n) is 24.0. The maximum absolute atomic E-state index is 14.8. The first-order valence-electron chi connectivity index (χ1n) is 29.0. The lowest BCUT2D eigenvalue weighted by atomic mass is 9.68. The molecule has 1 aliphatic heterocycles. The van der Waals surface area contributed by atoms with Gasteiger partial charge < -0.3 is 24.3 Å². The van der Waals surface area contributed by atoms with Gasteiger partial charge in [0, 0.05) is 10.8 Å². The summed E-state index contributed by atoms with van der Waals surface area (Å²) in [4.78, 5) is 11.6. The Balaban J connectivity index is 0.000000224. The number of halogens is 1. The summed E-state index contributed by atoms with van der Waals surface area (Å²) in [6.45, 7) is 26.1. The van der Waals surface area contributed by atoms with Crippen molar-refractivity contribution in [3.05, 3.63) is 170 Å². The second-order valence-corrected chi connectivity index (χ2v) is 24.0. The van der Waals surface area contributed by atoms with E-state index >= 15 is 0 Å². The molecule has 412 valence electrons. The molecule has 1 saturated heterocycles. The van der Waals surface area contributed by atoms with Crippen molar-refractivity contribution in [2.24, 2.45) is 0 Å². The molecule has 0 unspecified atom stereocenters. The molecular weight excluding hydrogens is 955 g/mol. The van der Waals surface area contributed by atoms with Gasteiger partial charge in [0.2, 0.25) is 0 Å². The number of methoxy groups -OCH3 is 1. The molecule has 0 amide bonds. The summed E-state index contributed by atoms with van der Waals surface area (Å²) in [7, 11) is 0.964. The third-order valence-corrected chi connectivity index (χ3v) is 18.7. The molecule has 0 radical (unpaired) electrons. The van der Waals surface area contributed by atoms with Crippen LogP contribution in [0.2, 0.25) is 0 Å². The predicted molar refractivity (Wildman–Crippen MR) is 318 cm³/mol. The van der Waals surface area contributed by atoms with Gasteiger partial charge in [0.25, 0.3) is 0 Å². The molecule has 2 saturated carbocycles. The number of carbonyl (C=O) groups excluding carboxylic acids is 1. The van der Waals surface area contributed by atoms with Crippen LogP contribution in [0.25, 0.3) is 23.3 Å². The van der Waals surface area contributed by atoms with Crippen molar-refractivity contribution >= 4 is 30.7 Å². The zero-order chi connectivity index (χ0) is 56.0. The Kier molecular flexibility index (Phi) is 18.9. The number of hydrogen-bond acceptors (Lipinski definition) is 6. The Morgan fingerprint density at radius 1 is 0.584 bits per heavy atom. The zero-order valence-corrected chi connectivity index (χ0v) is 49.1. The molecular formula is C69H90BFO6. The fourth-order valence-electron chi connectivity index (χ4n) is 12.5. The van der Waals surface area contributed by atoms with Gasteiger partial charge in [-0.3, -0.25) is 4.79 Å². The van der Waals surface area contributed by atoms with Crippen LogP contribution < -0.4 is 5.46 Å². The highest BCUT2D eigenvalue weighted by Gasteiger charge is 2.52. The minimum atomic E-state index is -0.677. The smallest absolute Gasteiger partial charge is 0.469 e. The third-order valence-electron chi connectivity index (χ3n) is 18.7. The van der Waals surface area contributed by atoms with E-state index in [1.54, 1.807) is 6.07 Å². The lowest BCUT2D eigenvalue weighted by Crippen LogP contribution is -2.41. The van der Waals surface area contributed by atoms with Crippen LogP contribution in [0.5, 0.6) is 0 Å². The van der Waals surface area contributed by atoms with Crippen LogP contribution in [-0.4, -0.2) is 52.8 Å². The number of benzene rings is 5. The minimum Gasteiger partial charge on any atom is -0.469 e. The largest absolute Gasteiger partial charge is 0.495 e. The van der Waals surface area contributed by atoms with Crippen LogP contribution in [-0.2, 0) is 36.1 Å². The predicted octanol–water partition coefficient (Wildman–Crippen LogP) is 16.1. The number of ether oxygens (including phenoxy) is 1. The van der Waals surface area contributed by atoms with Crippen LogP contribution >= 0.6 is 0 Å². The average molecular weight is 1050 g/mol. The van der Waals surface area contributed by atoms with Crippen LogP contribution in [0.15, 0.2) is 103 Å². The van der Waals surface area contributed by atoms with Gasteiger partial charge in [-0.2, -0.15) is 0 Å². The van der Waals surface area contributed by atoms with Crippen LogP contribution in [0.4, 0.5) is 4.39 Å². The van der Waals surface area contributed by atoms with Gasteiger partial charge >= 0.3 is 13.1 Å². The summed E-state index contributed by atoms with van der Waals surface area (Å²) in [6, 6.07) is 32.0. The summed E-state index contributed by atoms with van der Waals surface area (Å²) in [5, 5.41) is 21.8. The Hall–Kier alpha value is -5.12. The van der Waals surface area contributed by atoms with Crippen molar-refractivity contribution in [3.8, 4) is 11.1 Å². The van der Waals surface area contributed by atoms with Gasteiger partial charge in [-0.05, 0) is 185 Å². The summed E-state index contributed by atoms with van der Waals surface area (Å²) in [5.74, 6) is -0.855. The van der Waals surface area contributed by atoms with E-state index in [9.17, 15) is 19.4 Å². The molecule has 77 heavy (non-hydrogen) atoms. The van der Waals surface area contributed by atoms with E-state index in [-0.39, 0.29) is 35.6 Å². The summed E-state index contributed by atoms with van der Waals surface area (Å²) >= 11 is 0. The van der Waals surface area contributed by atoms with Crippen molar-refractivity contribution in [2.45, 2.75) is 213 Å². The highest BCUT2D eigenvalue weighted by Crippen LogP contribution is 2.44. The monoisotopic (exact) mass is 1040 g/mol. The molecule has 0 aromatic heterocycles. The maximum Gasteiger partial charge on any atom is 0.495 e. The number of carbonyl (C=O) groups is 1. The highest BCUT2D eigenvalue weighted by molar-refractivity contribution is 6.62. The molecule has 8 heteroatoms. The first-order valence-corrected chi connectivity index (χ1v) is 29.0. The molecule has 8 rings (SSSR count). The topological polar surface area (TPSA) is 85.2 Å². The second kappa shape index (κ2) is 24.5. The van der Waals surface area contributed by atoms with Gasteiger partial charge in [0.15, 0.2) is 0 Å². The summed E-state index contributed by atoms with van der Waals surface area (Å²) < 4.78 is 32.2. The standard InChI is InChI=1S/C36H43FO3.C33H47BO3/c1-6-36(7-2,30-14-13-27(25(3)21-30)17-20-35(39)18-9-8-10-19-35)31-15-16-32(26(4)22-31)28-11-12-29(33(37)23-28)24-34(38)40-5;1-9-33(10-2,27-15-14-26(24(3)22-27)18-21-32(35)19-12-11-13-20-32)28-16-17-29(25(4)23-28)34-36-30(5,6)31(7,8)37-34/h11-17,20-23,39H,6-10,18-19,24H2,1-5H3;14-18,21-23,35H,9-13,19-20H2,1-8H3/b20-17+;21-18+. The molecule has 3 fully saturated rings. The number of rotatable bonds is 16. The van der Waals surface area contributed by atoms with E-state index in [4.69, 9.17) is 9.31 Å². The van der Waals surface area contributed by atoms with Gasteiger partial charge in [-0.25, -0.2) is 4.39 Å². The van der Waals surface area contributed by atoms with E-state index in [0.717, 1.165) is 105 Å². The quantitative estimate of drug-likeness (QED) is 0.0757. The lowest BCUT2D eigenvalue weighted by molar-refractivity contribution is -0.139. The Morgan fingerprint density at radius 2 is 1.00 bits per heavy atom. The van der Waals surface area contributed by atoms with E-state index < -0.39 is 23.0 Å². The molecule has 2 aliphatic carbocycles. The Morgan fingerprint density at radius 3 is 1.39 bits per heavy atom. The van der Waals surface area contributed by atoms with E-state index in [1.807, 2.05) is 18.2 Å². The van der Waals surface area contributed by atoms with Crippen LogP contribution in [0.1, 0.15) is 206 Å². The summed E-state index contributed by atoms with van der Waals surface area (Å²) in [5.41, 5.74) is 13.3.